The van der Waals surface area contributed by atoms with Crippen molar-refractivity contribution in [3.8, 4) is 11.1 Å². The molecule has 2 N–H and O–H groups in total. The number of ether oxygens (including phenoxy) is 1. The van der Waals surface area contributed by atoms with Crippen LogP contribution in [0.3, 0.4) is 0 Å². The number of thiophene rings is 1. The number of hydrogen-bond donors (Lipinski definition) is 1. The highest BCUT2D eigenvalue weighted by Gasteiger charge is 2.24. The van der Waals surface area contributed by atoms with E-state index in [2.05, 4.69) is 26.2 Å². The molecular formula is C17H19N5O3S2. The van der Waals surface area contributed by atoms with E-state index in [1.54, 1.807) is 17.4 Å². The summed E-state index contributed by atoms with van der Waals surface area (Å²) in [6, 6.07) is 7.11. The molecule has 0 spiro atoms. The summed E-state index contributed by atoms with van der Waals surface area (Å²) in [5, 5.41) is 15.3. The minimum absolute atomic E-state index is 0.0144. The van der Waals surface area contributed by atoms with Crippen molar-refractivity contribution < 1.29 is 13.2 Å². The maximum absolute atomic E-state index is 12.1. The molecule has 3 heterocycles. The van der Waals surface area contributed by atoms with Crippen molar-refractivity contribution in [3.05, 3.63) is 40.1 Å². The van der Waals surface area contributed by atoms with Crippen molar-refractivity contribution in [2.45, 2.75) is 11.4 Å². The van der Waals surface area contributed by atoms with Gasteiger partial charge in [-0.3, -0.25) is 4.90 Å². The van der Waals surface area contributed by atoms with Crippen molar-refractivity contribution in [2.24, 2.45) is 20.4 Å². The van der Waals surface area contributed by atoms with Gasteiger partial charge < -0.3 is 4.74 Å². The van der Waals surface area contributed by atoms with Crippen LogP contribution < -0.4 is 5.14 Å². The van der Waals surface area contributed by atoms with Crippen LogP contribution in [0.4, 0.5) is 0 Å². The van der Waals surface area contributed by atoms with Crippen LogP contribution in [0.2, 0.25) is 0 Å². The van der Waals surface area contributed by atoms with Gasteiger partial charge in [0.25, 0.3) is 0 Å². The number of morpholine rings is 1. The first kappa shape index (κ1) is 18.4. The molecule has 0 atom stereocenters. The lowest BCUT2D eigenvalue weighted by atomic mass is 10.0. The van der Waals surface area contributed by atoms with Crippen LogP contribution in [-0.2, 0) is 21.3 Å². The molecule has 1 aromatic heterocycles. The van der Waals surface area contributed by atoms with E-state index in [0.29, 0.717) is 11.4 Å². The summed E-state index contributed by atoms with van der Waals surface area (Å²) >= 11 is 1.65. The van der Waals surface area contributed by atoms with Gasteiger partial charge in [0.05, 0.1) is 18.1 Å². The quantitative estimate of drug-likeness (QED) is 0.821. The van der Waals surface area contributed by atoms with Gasteiger partial charge in [-0.05, 0) is 28.6 Å². The Balaban J connectivity index is 1.72. The third kappa shape index (κ3) is 3.99. The summed E-state index contributed by atoms with van der Waals surface area (Å²) in [7, 11) is -3.92. The van der Waals surface area contributed by atoms with Gasteiger partial charge in [0.15, 0.2) is 12.5 Å². The van der Waals surface area contributed by atoms with Gasteiger partial charge in [-0.1, -0.05) is 12.1 Å². The van der Waals surface area contributed by atoms with Gasteiger partial charge in [0.1, 0.15) is 0 Å². The van der Waals surface area contributed by atoms with Crippen molar-refractivity contribution in [1.29, 1.82) is 0 Å². The maximum Gasteiger partial charge on any atom is 0.238 e. The lowest BCUT2D eigenvalue weighted by Crippen LogP contribution is -2.35. The Labute approximate surface area is 161 Å². The van der Waals surface area contributed by atoms with Crippen LogP contribution >= 0.6 is 11.3 Å². The Morgan fingerprint density at radius 3 is 2.78 bits per heavy atom. The van der Waals surface area contributed by atoms with Crippen LogP contribution in [0, 0.1) is 0 Å². The molecule has 1 aromatic carbocycles. The number of primary sulfonamides is 1. The van der Waals surface area contributed by atoms with Crippen LogP contribution in [0.25, 0.3) is 11.1 Å². The molecule has 2 aliphatic rings. The largest absolute Gasteiger partial charge is 0.379 e. The fourth-order valence-electron chi connectivity index (χ4n) is 3.18. The number of nitrogens with zero attached hydrogens (tertiary/aromatic N) is 4. The molecule has 0 bridgehead atoms. The molecule has 0 unspecified atom stereocenters. The number of aliphatic imine (C=N–C) groups is 1. The molecule has 142 valence electrons. The van der Waals surface area contributed by atoms with Gasteiger partial charge in [-0.2, -0.15) is 5.11 Å². The lowest BCUT2D eigenvalue weighted by molar-refractivity contribution is 0.0346. The fourth-order valence-corrected chi connectivity index (χ4v) is 4.86. The number of benzene rings is 1. The average molecular weight is 406 g/mol. The Bertz CT molecular complexity index is 1010. The Morgan fingerprint density at radius 2 is 2.07 bits per heavy atom. The van der Waals surface area contributed by atoms with E-state index in [4.69, 9.17) is 9.88 Å². The SMILES string of the molecule is NS(=O)(=O)c1cccc(-c2csc(CN3CCOCC3)c2)c1C1=NCN=N1. The standard InChI is InChI=1S/C17H19N5O3S2/c18-27(23,24)15-3-1-2-14(16(15)17-19-11-20-21-17)12-8-13(26-10-12)9-22-4-6-25-7-5-22/h1-3,8,10H,4-7,9,11H2,(H2,18,23,24). The van der Waals surface area contributed by atoms with E-state index in [0.717, 1.165) is 44.0 Å². The summed E-state index contributed by atoms with van der Waals surface area (Å²) in [5.41, 5.74) is 2.08. The Kier molecular flexibility index (Phi) is 5.15. The van der Waals surface area contributed by atoms with Crippen molar-refractivity contribution in [1.82, 2.24) is 4.90 Å². The second-order valence-corrected chi connectivity index (χ2v) is 8.80. The summed E-state index contributed by atoms with van der Waals surface area (Å²) in [5.74, 6) is 0.301. The second kappa shape index (κ2) is 7.56. The van der Waals surface area contributed by atoms with E-state index >= 15 is 0 Å². The van der Waals surface area contributed by atoms with E-state index < -0.39 is 10.0 Å². The lowest BCUT2D eigenvalue weighted by Gasteiger charge is -2.25. The summed E-state index contributed by atoms with van der Waals surface area (Å²) in [4.78, 5) is 7.77. The highest BCUT2D eigenvalue weighted by Crippen LogP contribution is 2.33. The first-order valence-corrected chi connectivity index (χ1v) is 10.9. The number of rotatable bonds is 5. The molecular weight excluding hydrogens is 386 g/mol. The van der Waals surface area contributed by atoms with Crippen LogP contribution in [-0.4, -0.2) is 52.1 Å². The normalized spacial score (nSPS) is 18.0. The number of amidine groups is 1. The Morgan fingerprint density at radius 1 is 1.26 bits per heavy atom. The molecule has 8 nitrogen and oxygen atoms in total. The molecule has 1 saturated heterocycles. The number of azo groups is 1. The molecule has 0 saturated carbocycles. The highest BCUT2D eigenvalue weighted by atomic mass is 32.2. The van der Waals surface area contributed by atoms with Crippen LogP contribution in [0.15, 0.2) is 49.8 Å². The predicted octanol–water partition coefficient (Wildman–Crippen LogP) is 2.06. The zero-order valence-electron chi connectivity index (χ0n) is 14.5. The molecule has 2 aromatic rings. The van der Waals surface area contributed by atoms with Gasteiger partial charge in [0, 0.05) is 30.1 Å². The summed E-state index contributed by atoms with van der Waals surface area (Å²) in [6.45, 7) is 4.37. The molecule has 27 heavy (non-hydrogen) atoms. The smallest absolute Gasteiger partial charge is 0.238 e. The zero-order chi connectivity index (χ0) is 18.9. The topological polar surface area (TPSA) is 110 Å². The van der Waals surface area contributed by atoms with E-state index in [-0.39, 0.29) is 11.6 Å². The van der Waals surface area contributed by atoms with Crippen LogP contribution in [0.5, 0.6) is 0 Å². The average Bonchev–Trinajstić information content (AvgIpc) is 3.33. The van der Waals surface area contributed by atoms with Gasteiger partial charge in [0.2, 0.25) is 10.0 Å². The minimum Gasteiger partial charge on any atom is -0.379 e. The molecule has 0 radical (unpaired) electrons. The van der Waals surface area contributed by atoms with Gasteiger partial charge in [-0.25, -0.2) is 18.5 Å². The van der Waals surface area contributed by atoms with Crippen molar-refractivity contribution in [3.63, 3.8) is 0 Å². The van der Waals surface area contributed by atoms with Crippen molar-refractivity contribution >= 4 is 27.2 Å². The molecule has 1 fully saturated rings. The Hall–Kier alpha value is -1.98. The van der Waals surface area contributed by atoms with Gasteiger partial charge in [-0.15, -0.1) is 16.5 Å². The zero-order valence-corrected chi connectivity index (χ0v) is 16.2. The molecule has 10 heteroatoms. The molecule has 4 rings (SSSR count). The van der Waals surface area contributed by atoms with Crippen molar-refractivity contribution in [2.75, 3.05) is 33.0 Å². The number of nitrogens with two attached hydrogens (primary N) is 1. The fraction of sp³-hybridized carbons (Fsp3) is 0.353. The third-order valence-corrected chi connectivity index (χ3v) is 6.33. The highest BCUT2D eigenvalue weighted by molar-refractivity contribution is 7.89. The third-order valence-electron chi connectivity index (χ3n) is 4.45. The number of hydrogen-bond acceptors (Lipinski definition) is 8. The van der Waals surface area contributed by atoms with Gasteiger partial charge >= 0.3 is 0 Å². The molecule has 0 aliphatic carbocycles. The maximum atomic E-state index is 12.1. The molecule has 2 aliphatic heterocycles. The second-order valence-electron chi connectivity index (χ2n) is 6.28. The van der Waals surface area contributed by atoms with Crippen LogP contribution in [0.1, 0.15) is 10.4 Å². The van der Waals surface area contributed by atoms with E-state index in [9.17, 15) is 8.42 Å². The first-order chi connectivity index (χ1) is 13.0. The van der Waals surface area contributed by atoms with E-state index in [1.165, 1.54) is 10.9 Å². The minimum atomic E-state index is -3.92. The monoisotopic (exact) mass is 405 g/mol. The van der Waals surface area contributed by atoms with E-state index in [1.807, 2.05) is 11.4 Å². The summed E-state index contributed by atoms with van der Waals surface area (Å²) in [6.07, 6.45) is 0. The molecule has 0 amide bonds. The summed E-state index contributed by atoms with van der Waals surface area (Å²) < 4.78 is 29.6. The predicted molar refractivity (Wildman–Crippen MR) is 103 cm³/mol. The number of sulfonamides is 1. The first-order valence-electron chi connectivity index (χ1n) is 8.48.